The van der Waals surface area contributed by atoms with Crippen molar-refractivity contribution in [3.05, 3.63) is 0 Å². The van der Waals surface area contributed by atoms with Gasteiger partial charge >= 0.3 is 0 Å². The summed E-state index contributed by atoms with van der Waals surface area (Å²) in [5.41, 5.74) is 0.145. The number of hydrogen-bond acceptors (Lipinski definition) is 2. The molecule has 2 aliphatic rings. The van der Waals surface area contributed by atoms with E-state index in [0.29, 0.717) is 11.7 Å². The zero-order chi connectivity index (χ0) is 8.06. The van der Waals surface area contributed by atoms with E-state index in [1.807, 2.05) is 0 Å². The predicted octanol–water partition coefficient (Wildman–Crippen LogP) is 0.917. The molecule has 1 saturated heterocycles. The Kier molecular flexibility index (Phi) is 1.37. The van der Waals surface area contributed by atoms with Crippen molar-refractivity contribution in [3.63, 3.8) is 0 Å². The minimum Gasteiger partial charge on any atom is -0.306 e. The molecule has 2 rings (SSSR count). The number of piperidine rings is 1. The molecule has 2 fully saturated rings. The van der Waals surface area contributed by atoms with E-state index in [1.54, 1.807) is 6.92 Å². The van der Waals surface area contributed by atoms with Crippen LogP contribution in [0.3, 0.4) is 0 Å². The average molecular weight is 153 g/mol. The van der Waals surface area contributed by atoms with Crippen molar-refractivity contribution in [1.29, 1.82) is 0 Å². The van der Waals surface area contributed by atoms with Crippen LogP contribution in [0.25, 0.3) is 0 Å². The lowest BCUT2D eigenvalue weighted by molar-refractivity contribution is -0.123. The number of Topliss-reactive ketones (excluding diaryl/α,β-unsaturated/α-hetero) is 1. The summed E-state index contributed by atoms with van der Waals surface area (Å²) in [6.07, 6.45) is 2.26. The van der Waals surface area contributed by atoms with Crippen LogP contribution in [0, 0.1) is 11.3 Å². The molecule has 0 N–H and O–H groups in total. The SMILES string of the molecule is CC(=O)C12CCN(C)CC1C2. The van der Waals surface area contributed by atoms with Gasteiger partial charge in [-0.25, -0.2) is 0 Å². The van der Waals surface area contributed by atoms with Crippen molar-refractivity contribution >= 4 is 5.78 Å². The molecule has 1 aliphatic heterocycles. The third-order valence-electron chi connectivity index (χ3n) is 3.40. The van der Waals surface area contributed by atoms with Crippen molar-refractivity contribution in [1.82, 2.24) is 4.90 Å². The Morgan fingerprint density at radius 3 is 2.91 bits per heavy atom. The van der Waals surface area contributed by atoms with Gasteiger partial charge in [0.15, 0.2) is 0 Å². The molecule has 11 heavy (non-hydrogen) atoms. The Morgan fingerprint density at radius 1 is 1.64 bits per heavy atom. The maximum atomic E-state index is 11.3. The molecule has 0 radical (unpaired) electrons. The Bertz CT molecular complexity index is 202. The lowest BCUT2D eigenvalue weighted by Crippen LogP contribution is -2.34. The first-order valence-corrected chi connectivity index (χ1v) is 4.35. The van der Waals surface area contributed by atoms with E-state index in [1.165, 1.54) is 0 Å². The topological polar surface area (TPSA) is 20.3 Å². The summed E-state index contributed by atoms with van der Waals surface area (Å²) < 4.78 is 0. The average Bonchev–Trinajstić information content (AvgIpc) is 2.62. The Labute approximate surface area is 67.6 Å². The lowest BCUT2D eigenvalue weighted by atomic mass is 9.92. The first-order valence-electron chi connectivity index (χ1n) is 4.35. The molecular formula is C9H15NO. The van der Waals surface area contributed by atoms with Crippen LogP contribution < -0.4 is 0 Å². The Morgan fingerprint density at radius 2 is 2.36 bits per heavy atom. The van der Waals surface area contributed by atoms with Gasteiger partial charge in [0.05, 0.1) is 0 Å². The van der Waals surface area contributed by atoms with Crippen LogP contribution in [-0.4, -0.2) is 30.8 Å². The summed E-state index contributed by atoms with van der Waals surface area (Å²) >= 11 is 0. The normalized spacial score (nSPS) is 43.3. The molecule has 62 valence electrons. The highest BCUT2D eigenvalue weighted by molar-refractivity contribution is 5.85. The molecule has 0 bridgehead atoms. The minimum absolute atomic E-state index is 0.145. The van der Waals surface area contributed by atoms with Crippen LogP contribution in [0.5, 0.6) is 0 Å². The van der Waals surface area contributed by atoms with E-state index in [4.69, 9.17) is 0 Å². The number of likely N-dealkylation sites (tertiary alicyclic amines) is 1. The number of carbonyl (C=O) groups excluding carboxylic acids is 1. The quantitative estimate of drug-likeness (QED) is 0.558. The molecule has 1 heterocycles. The number of hydrogen-bond donors (Lipinski definition) is 0. The third-order valence-corrected chi connectivity index (χ3v) is 3.40. The van der Waals surface area contributed by atoms with Crippen LogP contribution in [0.1, 0.15) is 19.8 Å². The van der Waals surface area contributed by atoms with Crippen LogP contribution in [0.15, 0.2) is 0 Å². The van der Waals surface area contributed by atoms with Crippen LogP contribution >= 0.6 is 0 Å². The van der Waals surface area contributed by atoms with Crippen molar-refractivity contribution in [2.24, 2.45) is 11.3 Å². The molecule has 1 saturated carbocycles. The molecule has 2 nitrogen and oxygen atoms in total. The first kappa shape index (κ1) is 7.29. The van der Waals surface area contributed by atoms with Crippen LogP contribution in [0.2, 0.25) is 0 Å². The number of rotatable bonds is 1. The second-order valence-corrected chi connectivity index (χ2v) is 4.13. The molecular weight excluding hydrogens is 138 g/mol. The molecule has 2 atom stereocenters. The Balaban J connectivity index is 2.08. The number of nitrogens with zero attached hydrogens (tertiary/aromatic N) is 1. The summed E-state index contributed by atoms with van der Waals surface area (Å²) in [4.78, 5) is 13.6. The fourth-order valence-electron chi connectivity index (χ4n) is 2.39. The van der Waals surface area contributed by atoms with Crippen molar-refractivity contribution in [2.45, 2.75) is 19.8 Å². The van der Waals surface area contributed by atoms with Gasteiger partial charge in [-0.1, -0.05) is 0 Å². The van der Waals surface area contributed by atoms with E-state index in [9.17, 15) is 4.79 Å². The molecule has 0 aromatic heterocycles. The fourth-order valence-corrected chi connectivity index (χ4v) is 2.39. The lowest BCUT2D eigenvalue weighted by Gasteiger charge is -2.26. The summed E-state index contributed by atoms with van der Waals surface area (Å²) in [7, 11) is 2.14. The second kappa shape index (κ2) is 2.07. The molecule has 0 spiro atoms. The fraction of sp³-hybridized carbons (Fsp3) is 0.889. The van der Waals surface area contributed by atoms with Gasteiger partial charge in [-0.3, -0.25) is 4.79 Å². The van der Waals surface area contributed by atoms with Crippen molar-refractivity contribution < 1.29 is 4.79 Å². The van der Waals surface area contributed by atoms with Gasteiger partial charge in [0.1, 0.15) is 5.78 Å². The van der Waals surface area contributed by atoms with Crippen LogP contribution in [-0.2, 0) is 4.79 Å². The molecule has 0 aromatic carbocycles. The van der Waals surface area contributed by atoms with Gasteiger partial charge in [0, 0.05) is 12.0 Å². The van der Waals surface area contributed by atoms with Gasteiger partial charge in [-0.2, -0.15) is 0 Å². The van der Waals surface area contributed by atoms with Gasteiger partial charge < -0.3 is 4.90 Å². The largest absolute Gasteiger partial charge is 0.306 e. The molecule has 0 amide bonds. The highest BCUT2D eigenvalue weighted by atomic mass is 16.1. The van der Waals surface area contributed by atoms with Crippen molar-refractivity contribution in [2.75, 3.05) is 20.1 Å². The summed E-state index contributed by atoms with van der Waals surface area (Å²) in [5.74, 6) is 1.12. The third kappa shape index (κ3) is 0.924. The zero-order valence-corrected chi connectivity index (χ0v) is 7.26. The minimum atomic E-state index is 0.145. The standard InChI is InChI=1S/C9H15NO/c1-7(11)9-3-4-10(2)6-8(9)5-9/h8H,3-6H2,1-2H3. The van der Waals surface area contributed by atoms with Gasteiger partial charge in [-0.15, -0.1) is 0 Å². The Hall–Kier alpha value is -0.370. The molecule has 2 unspecified atom stereocenters. The smallest absolute Gasteiger partial charge is 0.136 e. The van der Waals surface area contributed by atoms with E-state index in [2.05, 4.69) is 11.9 Å². The maximum Gasteiger partial charge on any atom is 0.136 e. The summed E-state index contributed by atoms with van der Waals surface area (Å²) in [6.45, 7) is 4.00. The highest BCUT2D eigenvalue weighted by Gasteiger charge is 2.59. The predicted molar refractivity (Wildman–Crippen MR) is 43.3 cm³/mol. The van der Waals surface area contributed by atoms with Crippen molar-refractivity contribution in [3.8, 4) is 0 Å². The van der Waals surface area contributed by atoms with E-state index < -0.39 is 0 Å². The summed E-state index contributed by atoms with van der Waals surface area (Å²) in [5, 5.41) is 0. The van der Waals surface area contributed by atoms with Gasteiger partial charge in [-0.05, 0) is 39.3 Å². The number of ketones is 1. The molecule has 0 aromatic rings. The molecule has 2 heteroatoms. The van der Waals surface area contributed by atoms with Gasteiger partial charge in [0.25, 0.3) is 0 Å². The monoisotopic (exact) mass is 153 g/mol. The molecule has 1 aliphatic carbocycles. The van der Waals surface area contributed by atoms with E-state index >= 15 is 0 Å². The summed E-state index contributed by atoms with van der Waals surface area (Å²) in [6, 6.07) is 0. The number of carbonyl (C=O) groups is 1. The number of fused-ring (bicyclic) bond motifs is 1. The van der Waals surface area contributed by atoms with Crippen LogP contribution in [0.4, 0.5) is 0 Å². The zero-order valence-electron chi connectivity index (χ0n) is 7.26. The maximum absolute atomic E-state index is 11.3. The van der Waals surface area contributed by atoms with E-state index in [-0.39, 0.29) is 5.41 Å². The highest BCUT2D eigenvalue weighted by Crippen LogP contribution is 2.58. The second-order valence-electron chi connectivity index (χ2n) is 4.13. The van der Waals surface area contributed by atoms with E-state index in [0.717, 1.165) is 25.9 Å². The first-order chi connectivity index (χ1) is 5.15. The van der Waals surface area contributed by atoms with Gasteiger partial charge in [0.2, 0.25) is 0 Å².